The van der Waals surface area contributed by atoms with Gasteiger partial charge in [0.2, 0.25) is 0 Å². The predicted octanol–water partition coefficient (Wildman–Crippen LogP) is 6.56. The summed E-state index contributed by atoms with van der Waals surface area (Å²) in [4.78, 5) is 5.13. The molecular formula is C23H22N2S. The molecule has 4 aromatic rings. The number of thioether (sulfide) groups is 1. The van der Waals surface area contributed by atoms with Gasteiger partial charge in [-0.25, -0.2) is 4.98 Å². The topological polar surface area (TPSA) is 17.3 Å². The third-order valence-electron chi connectivity index (χ3n) is 6.08. The Labute approximate surface area is 157 Å². The van der Waals surface area contributed by atoms with Crippen LogP contribution in [0.1, 0.15) is 60.9 Å². The summed E-state index contributed by atoms with van der Waals surface area (Å²) in [6.07, 6.45) is 2.66. The van der Waals surface area contributed by atoms with Gasteiger partial charge in [-0.2, -0.15) is 0 Å². The third-order valence-corrected chi connectivity index (χ3v) is 7.71. The Balaban J connectivity index is 1.81. The van der Waals surface area contributed by atoms with Crippen LogP contribution in [0, 0.1) is 0 Å². The number of hydrogen-bond acceptors (Lipinski definition) is 2. The summed E-state index contributed by atoms with van der Waals surface area (Å²) < 4.78 is 2.43. The molecule has 0 aliphatic carbocycles. The van der Waals surface area contributed by atoms with Gasteiger partial charge in [-0.3, -0.25) is 4.40 Å². The van der Waals surface area contributed by atoms with Crippen molar-refractivity contribution in [1.29, 1.82) is 0 Å². The van der Waals surface area contributed by atoms with E-state index in [0.717, 1.165) is 11.2 Å². The summed E-state index contributed by atoms with van der Waals surface area (Å²) in [7, 11) is 0. The van der Waals surface area contributed by atoms with Crippen molar-refractivity contribution in [3.05, 3.63) is 59.3 Å². The fourth-order valence-corrected chi connectivity index (χ4v) is 6.47. The average Bonchev–Trinajstić information content (AvgIpc) is 3.31. The minimum Gasteiger partial charge on any atom is -0.296 e. The summed E-state index contributed by atoms with van der Waals surface area (Å²) in [5.74, 6) is 0. The lowest BCUT2D eigenvalue weighted by Gasteiger charge is -2.22. The Hall–Kier alpha value is -2.00. The summed E-state index contributed by atoms with van der Waals surface area (Å²) in [5.41, 5.74) is 8.04. The summed E-state index contributed by atoms with van der Waals surface area (Å²) in [6.45, 7) is 6.90. The number of benzene rings is 2. The molecule has 2 aromatic carbocycles. The van der Waals surface area contributed by atoms with Crippen LogP contribution in [0.15, 0.2) is 42.5 Å². The van der Waals surface area contributed by atoms with Crippen LogP contribution < -0.4 is 0 Å². The van der Waals surface area contributed by atoms with E-state index in [1.165, 1.54) is 34.8 Å². The van der Waals surface area contributed by atoms with Crippen LogP contribution in [0.5, 0.6) is 0 Å². The molecule has 2 aromatic heterocycles. The minimum atomic E-state index is 0.0582. The summed E-state index contributed by atoms with van der Waals surface area (Å²) in [6, 6.07) is 15.8. The van der Waals surface area contributed by atoms with Gasteiger partial charge in [0.05, 0.1) is 11.0 Å². The van der Waals surface area contributed by atoms with Gasteiger partial charge < -0.3 is 0 Å². The largest absolute Gasteiger partial charge is 0.296 e. The molecule has 1 saturated heterocycles. The maximum atomic E-state index is 5.13. The lowest BCUT2D eigenvalue weighted by molar-refractivity contribution is 0.564. The molecule has 2 aliphatic heterocycles. The van der Waals surface area contributed by atoms with Crippen molar-refractivity contribution in [2.75, 3.05) is 0 Å². The predicted molar refractivity (Wildman–Crippen MR) is 111 cm³/mol. The molecule has 0 saturated carbocycles. The molecule has 26 heavy (non-hydrogen) atoms. The fourth-order valence-electron chi connectivity index (χ4n) is 4.82. The van der Waals surface area contributed by atoms with E-state index in [4.69, 9.17) is 4.98 Å². The first kappa shape index (κ1) is 15.1. The maximum Gasteiger partial charge on any atom is 0.146 e. The lowest BCUT2D eigenvalue weighted by atomic mass is 9.89. The zero-order valence-corrected chi connectivity index (χ0v) is 16.2. The Bertz CT molecular complexity index is 1210. The van der Waals surface area contributed by atoms with E-state index in [-0.39, 0.29) is 5.41 Å². The van der Waals surface area contributed by atoms with Crippen LogP contribution in [-0.2, 0) is 5.41 Å². The van der Waals surface area contributed by atoms with Gasteiger partial charge >= 0.3 is 0 Å². The number of nitrogens with zero attached hydrogens (tertiary/aromatic N) is 2. The molecule has 0 spiro atoms. The van der Waals surface area contributed by atoms with Gasteiger partial charge in [-0.05, 0) is 47.6 Å². The van der Waals surface area contributed by atoms with Crippen LogP contribution in [0.4, 0.5) is 0 Å². The second kappa shape index (κ2) is 4.83. The van der Waals surface area contributed by atoms with Crippen LogP contribution >= 0.6 is 11.8 Å². The monoisotopic (exact) mass is 358 g/mol. The van der Waals surface area contributed by atoms with Gasteiger partial charge in [0.25, 0.3) is 0 Å². The molecule has 0 radical (unpaired) electrons. The number of imidazole rings is 1. The molecule has 2 nitrogen and oxygen atoms in total. The first-order chi connectivity index (χ1) is 12.5. The highest BCUT2D eigenvalue weighted by Gasteiger charge is 2.38. The first-order valence-corrected chi connectivity index (χ1v) is 10.5. The smallest absolute Gasteiger partial charge is 0.146 e. The molecule has 2 atom stereocenters. The van der Waals surface area contributed by atoms with E-state index in [0.29, 0.717) is 10.5 Å². The van der Waals surface area contributed by atoms with Gasteiger partial charge in [0, 0.05) is 27.0 Å². The molecular weight excluding hydrogens is 336 g/mol. The van der Waals surface area contributed by atoms with Crippen molar-refractivity contribution in [2.24, 2.45) is 0 Å². The third kappa shape index (κ3) is 1.87. The molecule has 2 aliphatic rings. The molecule has 6 rings (SSSR count). The summed E-state index contributed by atoms with van der Waals surface area (Å²) in [5, 5.41) is 3.92. The molecule has 2 bridgehead atoms. The molecule has 0 N–H and O–H groups in total. The summed E-state index contributed by atoms with van der Waals surface area (Å²) >= 11 is 2.15. The van der Waals surface area contributed by atoms with Crippen LogP contribution in [0.25, 0.3) is 27.5 Å². The Morgan fingerprint density at radius 1 is 1.00 bits per heavy atom. The van der Waals surface area contributed by atoms with Crippen LogP contribution in [0.2, 0.25) is 0 Å². The number of pyridine rings is 1. The van der Waals surface area contributed by atoms with Crippen molar-refractivity contribution in [3.63, 3.8) is 0 Å². The number of rotatable bonds is 0. The van der Waals surface area contributed by atoms with E-state index >= 15 is 0 Å². The van der Waals surface area contributed by atoms with Crippen molar-refractivity contribution in [2.45, 2.75) is 49.5 Å². The van der Waals surface area contributed by atoms with E-state index in [1.54, 1.807) is 11.1 Å². The minimum absolute atomic E-state index is 0.0582. The Morgan fingerprint density at radius 2 is 1.73 bits per heavy atom. The highest BCUT2D eigenvalue weighted by Crippen LogP contribution is 2.61. The zero-order valence-electron chi connectivity index (χ0n) is 15.4. The molecule has 0 amide bonds. The van der Waals surface area contributed by atoms with Crippen molar-refractivity contribution in [3.8, 4) is 0 Å². The molecule has 4 heterocycles. The normalized spacial score (nSPS) is 22.0. The number of aromatic nitrogens is 2. The van der Waals surface area contributed by atoms with E-state index in [1.807, 2.05) is 0 Å². The van der Waals surface area contributed by atoms with Gasteiger partial charge in [-0.1, -0.05) is 45.0 Å². The van der Waals surface area contributed by atoms with E-state index in [2.05, 4.69) is 79.4 Å². The van der Waals surface area contributed by atoms with Crippen molar-refractivity contribution >= 4 is 39.2 Å². The quantitative estimate of drug-likeness (QED) is 0.354. The highest BCUT2D eigenvalue weighted by atomic mass is 32.2. The highest BCUT2D eigenvalue weighted by molar-refractivity contribution is 8.00. The number of hydrogen-bond donors (Lipinski definition) is 0. The van der Waals surface area contributed by atoms with Gasteiger partial charge in [0.15, 0.2) is 0 Å². The molecule has 130 valence electrons. The van der Waals surface area contributed by atoms with E-state index in [9.17, 15) is 0 Å². The van der Waals surface area contributed by atoms with Crippen LogP contribution in [0.3, 0.4) is 0 Å². The first-order valence-electron chi connectivity index (χ1n) is 9.54. The van der Waals surface area contributed by atoms with Gasteiger partial charge in [-0.15, -0.1) is 11.8 Å². The maximum absolute atomic E-state index is 5.13. The van der Waals surface area contributed by atoms with Gasteiger partial charge in [0.1, 0.15) is 5.65 Å². The second-order valence-corrected chi connectivity index (χ2v) is 10.2. The zero-order chi connectivity index (χ0) is 17.6. The van der Waals surface area contributed by atoms with E-state index < -0.39 is 0 Å². The SMILES string of the molecule is CC(C)(C)c1cc2ccccc2c2nc3cc4c(cc3n12)C1CCC4S1. The molecule has 1 fully saturated rings. The fraction of sp³-hybridized carbons (Fsp3) is 0.348. The van der Waals surface area contributed by atoms with Crippen molar-refractivity contribution < 1.29 is 0 Å². The number of fused-ring (bicyclic) bond motifs is 10. The molecule has 3 heteroatoms. The Morgan fingerprint density at radius 3 is 2.50 bits per heavy atom. The second-order valence-electron chi connectivity index (χ2n) is 8.80. The standard InChI is InChI=1S/C23H22N2S/c1-23(2,3)21-10-13-6-4-5-7-14(13)22-24-17-11-15-16(12-18(17)25(21)22)20-9-8-19(15)26-20/h4-7,10-12,19-20H,8-9H2,1-3H3. The Kier molecular flexibility index (Phi) is 2.81. The molecule has 2 unspecified atom stereocenters. The van der Waals surface area contributed by atoms with Crippen molar-refractivity contribution in [1.82, 2.24) is 9.38 Å². The van der Waals surface area contributed by atoms with Crippen LogP contribution in [-0.4, -0.2) is 9.38 Å². The lowest BCUT2D eigenvalue weighted by Crippen LogP contribution is -2.16. The average molecular weight is 359 g/mol.